The Morgan fingerprint density at radius 3 is 2.45 bits per heavy atom. The van der Waals surface area contributed by atoms with Gasteiger partial charge in [0, 0.05) is 36.2 Å². The summed E-state index contributed by atoms with van der Waals surface area (Å²) in [6.45, 7) is 2.67. The zero-order valence-corrected chi connectivity index (χ0v) is 22.3. The molecule has 38 heavy (non-hydrogen) atoms. The largest absolute Gasteiger partial charge is 0.489 e. The molecular formula is C28H26N4O4S2. The lowest BCUT2D eigenvalue weighted by atomic mass is 10.1. The molecule has 0 aliphatic heterocycles. The zero-order valence-electron chi connectivity index (χ0n) is 20.7. The van der Waals surface area contributed by atoms with Gasteiger partial charge in [-0.1, -0.05) is 59.9 Å². The van der Waals surface area contributed by atoms with Crippen LogP contribution in [0.4, 0.5) is 0 Å². The van der Waals surface area contributed by atoms with Crippen LogP contribution in [-0.4, -0.2) is 34.4 Å². The maximum Gasteiger partial charge on any atom is 0.322 e. The average Bonchev–Trinajstić information content (AvgIpc) is 3.35. The molecular weight excluding hydrogens is 520 g/mol. The highest BCUT2D eigenvalue weighted by atomic mass is 32.2. The van der Waals surface area contributed by atoms with Crippen molar-refractivity contribution in [2.45, 2.75) is 31.4 Å². The standard InChI is InChI=1S/C28H26N4O4S2/c1-20-17-22(25-9-5-6-10-26(25)29-20)19-36-23-11-13-24(14-12-23)38(34,35)32(18-21-7-3-2-4-8-21)16-15-27-30-31-28(33)37-27/h2-14,17H,15-16,18-19H2,1H3,(H,31,33). The maximum absolute atomic E-state index is 13.6. The second kappa shape index (κ2) is 11.3. The lowest BCUT2D eigenvalue weighted by molar-refractivity contribution is 0.307. The molecule has 0 saturated heterocycles. The number of nitrogens with one attached hydrogen (secondary N) is 1. The number of fused-ring (bicyclic) bond motifs is 1. The summed E-state index contributed by atoms with van der Waals surface area (Å²) < 4.78 is 34.7. The lowest BCUT2D eigenvalue weighted by Crippen LogP contribution is -2.32. The van der Waals surface area contributed by atoms with Crippen molar-refractivity contribution in [1.29, 1.82) is 0 Å². The Hall–Kier alpha value is -3.86. The Labute approximate surface area is 224 Å². The van der Waals surface area contributed by atoms with Crippen LogP contribution in [0.15, 0.2) is 94.6 Å². The monoisotopic (exact) mass is 546 g/mol. The molecule has 0 bridgehead atoms. The maximum atomic E-state index is 13.6. The number of H-pyrrole nitrogens is 1. The number of pyridine rings is 1. The first-order valence-corrected chi connectivity index (χ1v) is 14.3. The minimum atomic E-state index is -3.82. The van der Waals surface area contributed by atoms with E-state index in [4.69, 9.17) is 4.74 Å². The molecule has 0 atom stereocenters. The van der Waals surface area contributed by atoms with E-state index in [1.165, 1.54) is 4.31 Å². The van der Waals surface area contributed by atoms with Gasteiger partial charge in [0.2, 0.25) is 10.0 Å². The van der Waals surface area contributed by atoms with Gasteiger partial charge in [-0.05, 0) is 48.9 Å². The second-order valence-corrected chi connectivity index (χ2v) is 11.8. The highest BCUT2D eigenvalue weighted by molar-refractivity contribution is 7.89. The molecule has 2 heterocycles. The summed E-state index contributed by atoms with van der Waals surface area (Å²) in [6, 6.07) is 25.8. The van der Waals surface area contributed by atoms with Gasteiger partial charge in [-0.25, -0.2) is 13.5 Å². The molecule has 2 aromatic heterocycles. The first-order valence-electron chi connectivity index (χ1n) is 12.0. The molecule has 0 spiro atoms. The molecule has 194 valence electrons. The molecule has 0 unspecified atom stereocenters. The molecule has 0 aliphatic rings. The summed E-state index contributed by atoms with van der Waals surface area (Å²) in [5, 5.41) is 7.94. The van der Waals surface area contributed by atoms with E-state index < -0.39 is 10.0 Å². The van der Waals surface area contributed by atoms with Crippen molar-refractivity contribution < 1.29 is 13.2 Å². The number of aromatic amines is 1. The number of hydrogen-bond donors (Lipinski definition) is 1. The van der Waals surface area contributed by atoms with Gasteiger partial charge >= 0.3 is 4.87 Å². The molecule has 0 fully saturated rings. The van der Waals surface area contributed by atoms with Gasteiger partial charge in [-0.2, -0.15) is 9.40 Å². The van der Waals surface area contributed by atoms with Gasteiger partial charge in [-0.15, -0.1) is 0 Å². The number of sulfonamides is 1. The Morgan fingerprint density at radius 1 is 0.974 bits per heavy atom. The van der Waals surface area contributed by atoms with Crippen LogP contribution >= 0.6 is 11.3 Å². The molecule has 0 aliphatic carbocycles. The zero-order chi connectivity index (χ0) is 26.5. The van der Waals surface area contributed by atoms with E-state index in [1.54, 1.807) is 24.3 Å². The molecule has 0 amide bonds. The van der Waals surface area contributed by atoms with Crippen LogP contribution < -0.4 is 9.61 Å². The summed E-state index contributed by atoms with van der Waals surface area (Å²) in [4.78, 5) is 15.9. The van der Waals surface area contributed by atoms with E-state index in [0.717, 1.165) is 39.1 Å². The number of hydrogen-bond acceptors (Lipinski definition) is 7. The predicted molar refractivity (Wildman–Crippen MR) is 148 cm³/mol. The third-order valence-corrected chi connectivity index (χ3v) is 8.71. The molecule has 0 radical (unpaired) electrons. The minimum Gasteiger partial charge on any atom is -0.489 e. The van der Waals surface area contributed by atoms with Crippen molar-refractivity contribution in [3.8, 4) is 5.75 Å². The summed E-state index contributed by atoms with van der Waals surface area (Å²) in [5.74, 6) is 0.568. The van der Waals surface area contributed by atoms with Crippen molar-refractivity contribution in [1.82, 2.24) is 19.5 Å². The van der Waals surface area contributed by atoms with Gasteiger partial charge in [-0.3, -0.25) is 9.78 Å². The summed E-state index contributed by atoms with van der Waals surface area (Å²) in [7, 11) is -3.82. The van der Waals surface area contributed by atoms with E-state index in [9.17, 15) is 13.2 Å². The van der Waals surface area contributed by atoms with Gasteiger partial charge < -0.3 is 4.74 Å². The quantitative estimate of drug-likeness (QED) is 0.272. The summed E-state index contributed by atoms with van der Waals surface area (Å²) in [5.41, 5.74) is 3.70. The summed E-state index contributed by atoms with van der Waals surface area (Å²) in [6.07, 6.45) is 0.329. The minimum absolute atomic E-state index is 0.168. The fourth-order valence-electron chi connectivity index (χ4n) is 4.19. The van der Waals surface area contributed by atoms with Crippen LogP contribution in [0.5, 0.6) is 5.75 Å². The Balaban J connectivity index is 1.33. The highest BCUT2D eigenvalue weighted by Gasteiger charge is 2.25. The van der Waals surface area contributed by atoms with Gasteiger partial charge in [0.05, 0.1) is 10.4 Å². The number of nitrogens with zero attached hydrogens (tertiary/aromatic N) is 3. The van der Waals surface area contributed by atoms with E-state index in [-0.39, 0.29) is 22.9 Å². The first-order chi connectivity index (χ1) is 18.4. The van der Waals surface area contributed by atoms with Crippen molar-refractivity contribution in [3.63, 3.8) is 0 Å². The Kier molecular flexibility index (Phi) is 7.64. The third-order valence-electron chi connectivity index (χ3n) is 6.04. The van der Waals surface area contributed by atoms with Crippen molar-refractivity contribution >= 4 is 32.3 Å². The van der Waals surface area contributed by atoms with Gasteiger partial charge in [0.15, 0.2) is 0 Å². The molecule has 5 rings (SSSR count). The van der Waals surface area contributed by atoms with E-state index >= 15 is 0 Å². The van der Waals surface area contributed by atoms with Crippen LogP contribution in [0, 0.1) is 6.92 Å². The predicted octanol–water partition coefficient (Wildman–Crippen LogP) is 4.70. The number of rotatable bonds is 10. The van der Waals surface area contributed by atoms with Crippen LogP contribution in [0.25, 0.3) is 10.9 Å². The van der Waals surface area contributed by atoms with Gasteiger partial charge in [0.25, 0.3) is 0 Å². The first kappa shape index (κ1) is 25.8. The van der Waals surface area contributed by atoms with E-state index in [0.29, 0.717) is 23.8 Å². The fourth-order valence-corrected chi connectivity index (χ4v) is 6.21. The van der Waals surface area contributed by atoms with E-state index in [1.807, 2.05) is 67.6 Å². The van der Waals surface area contributed by atoms with Gasteiger partial charge in [0.1, 0.15) is 17.4 Å². The molecule has 5 aromatic rings. The SMILES string of the molecule is Cc1cc(COc2ccc(S(=O)(=O)N(CCc3n[nH]c(=O)s3)Cc3ccccc3)cc2)c2ccccc2n1. The molecule has 0 saturated carbocycles. The molecule has 10 heteroatoms. The average molecular weight is 547 g/mol. The van der Waals surface area contributed by atoms with Crippen LogP contribution in [0.1, 0.15) is 21.8 Å². The van der Waals surface area contributed by atoms with Crippen molar-refractivity contribution in [2.24, 2.45) is 0 Å². The number of aromatic nitrogens is 3. The number of ether oxygens (including phenoxy) is 1. The summed E-state index contributed by atoms with van der Waals surface area (Å²) >= 11 is 0.985. The Bertz CT molecular complexity index is 1700. The van der Waals surface area contributed by atoms with Crippen molar-refractivity contribution in [2.75, 3.05) is 6.54 Å². The smallest absolute Gasteiger partial charge is 0.322 e. The fraction of sp³-hybridized carbons (Fsp3) is 0.179. The lowest BCUT2D eigenvalue weighted by Gasteiger charge is -2.22. The number of para-hydroxylation sites is 1. The van der Waals surface area contributed by atoms with Crippen molar-refractivity contribution in [3.05, 3.63) is 116 Å². The number of aryl methyl sites for hydroxylation is 1. The van der Waals surface area contributed by atoms with E-state index in [2.05, 4.69) is 15.2 Å². The Morgan fingerprint density at radius 2 is 1.71 bits per heavy atom. The molecule has 3 aromatic carbocycles. The highest BCUT2D eigenvalue weighted by Crippen LogP contribution is 2.24. The topological polar surface area (TPSA) is 105 Å². The van der Waals surface area contributed by atoms with Crippen LogP contribution in [0.2, 0.25) is 0 Å². The van der Waals surface area contributed by atoms with Crippen LogP contribution in [-0.2, 0) is 29.6 Å². The van der Waals surface area contributed by atoms with Crippen LogP contribution in [0.3, 0.4) is 0 Å². The number of benzene rings is 3. The molecule has 1 N–H and O–H groups in total. The second-order valence-electron chi connectivity index (χ2n) is 8.78. The molecule has 8 nitrogen and oxygen atoms in total. The third kappa shape index (κ3) is 5.99. The normalized spacial score (nSPS) is 11.7.